The molecule has 0 aliphatic rings. The van der Waals surface area contributed by atoms with E-state index in [1.165, 1.54) is 0 Å². The quantitative estimate of drug-likeness (QED) is 0.706. The van der Waals surface area contributed by atoms with Crippen LogP contribution in [0.25, 0.3) is 11.3 Å². The molecule has 3 N–H and O–H groups in total. The fourth-order valence-corrected chi connectivity index (χ4v) is 1.51. The fourth-order valence-electron chi connectivity index (χ4n) is 1.51. The van der Waals surface area contributed by atoms with Crippen molar-refractivity contribution in [1.29, 1.82) is 0 Å². The Morgan fingerprint density at radius 2 is 2.29 bits per heavy atom. The first-order chi connectivity index (χ1) is 8.29. The highest BCUT2D eigenvalue weighted by atomic mass is 16.3. The Hall–Kier alpha value is -2.23. The highest BCUT2D eigenvalue weighted by Gasteiger charge is 2.03. The van der Waals surface area contributed by atoms with Gasteiger partial charge < -0.3 is 10.4 Å². The summed E-state index contributed by atoms with van der Waals surface area (Å²) in [6, 6.07) is 8.98. The average Bonchev–Trinajstić information content (AvgIpc) is 2.78. The van der Waals surface area contributed by atoms with Crippen LogP contribution in [0.3, 0.4) is 0 Å². The third kappa shape index (κ3) is 2.87. The summed E-state index contributed by atoms with van der Waals surface area (Å²) in [5, 5.41) is 19.6. The number of anilines is 1. The van der Waals surface area contributed by atoms with Gasteiger partial charge in [0.2, 0.25) is 0 Å². The summed E-state index contributed by atoms with van der Waals surface area (Å²) < 4.78 is 0. The smallest absolute Gasteiger partial charge is 0.148 e. The lowest BCUT2D eigenvalue weighted by molar-refractivity contribution is 0.475. The van der Waals surface area contributed by atoms with Crippen LogP contribution in [0.15, 0.2) is 42.5 Å². The van der Waals surface area contributed by atoms with Gasteiger partial charge in [0.05, 0.1) is 5.69 Å². The lowest BCUT2D eigenvalue weighted by atomic mass is 10.1. The van der Waals surface area contributed by atoms with Crippen LogP contribution in [0.1, 0.15) is 6.92 Å². The first-order valence-corrected chi connectivity index (χ1v) is 5.49. The SMILES string of the molecule is C/C=C\CNc1cc(-c2cccc(O)c2)[nH]n1. The fraction of sp³-hybridized carbons (Fsp3) is 0.154. The number of aromatic hydroxyl groups is 1. The maximum atomic E-state index is 9.40. The second kappa shape index (κ2) is 5.21. The third-order valence-corrected chi connectivity index (χ3v) is 2.37. The summed E-state index contributed by atoms with van der Waals surface area (Å²) in [4.78, 5) is 0. The number of nitrogens with zero attached hydrogens (tertiary/aromatic N) is 1. The molecule has 0 saturated carbocycles. The van der Waals surface area contributed by atoms with Gasteiger partial charge in [0, 0.05) is 18.2 Å². The zero-order valence-electron chi connectivity index (χ0n) is 9.64. The third-order valence-electron chi connectivity index (χ3n) is 2.37. The number of allylic oxidation sites excluding steroid dienone is 1. The van der Waals surface area contributed by atoms with Crippen LogP contribution in [0.5, 0.6) is 5.75 Å². The number of H-pyrrole nitrogens is 1. The van der Waals surface area contributed by atoms with E-state index >= 15 is 0 Å². The number of rotatable bonds is 4. The first-order valence-electron chi connectivity index (χ1n) is 5.49. The monoisotopic (exact) mass is 229 g/mol. The van der Waals surface area contributed by atoms with Gasteiger partial charge in [-0.15, -0.1) is 0 Å². The molecular formula is C13H15N3O. The minimum Gasteiger partial charge on any atom is -0.508 e. The number of nitrogens with one attached hydrogen (secondary N) is 2. The van der Waals surface area contributed by atoms with Crippen molar-refractivity contribution in [1.82, 2.24) is 10.2 Å². The number of hydrogen-bond donors (Lipinski definition) is 3. The zero-order valence-corrected chi connectivity index (χ0v) is 9.64. The van der Waals surface area contributed by atoms with E-state index in [1.807, 2.05) is 31.2 Å². The highest BCUT2D eigenvalue weighted by Crippen LogP contribution is 2.22. The number of phenols is 1. The molecule has 0 unspecified atom stereocenters. The van der Waals surface area contributed by atoms with Gasteiger partial charge in [-0.2, -0.15) is 5.10 Å². The van der Waals surface area contributed by atoms with Crippen LogP contribution in [0.4, 0.5) is 5.82 Å². The zero-order chi connectivity index (χ0) is 12.1. The molecule has 0 saturated heterocycles. The van der Waals surface area contributed by atoms with Gasteiger partial charge in [-0.3, -0.25) is 5.10 Å². The van der Waals surface area contributed by atoms with Crippen LogP contribution >= 0.6 is 0 Å². The molecule has 4 heteroatoms. The summed E-state index contributed by atoms with van der Waals surface area (Å²) in [6.45, 7) is 2.73. The molecule has 0 fully saturated rings. The van der Waals surface area contributed by atoms with Crippen molar-refractivity contribution in [2.75, 3.05) is 11.9 Å². The minimum absolute atomic E-state index is 0.250. The predicted octanol–water partition coefficient (Wildman–Crippen LogP) is 2.77. The van der Waals surface area contributed by atoms with Gasteiger partial charge in [-0.05, 0) is 19.1 Å². The van der Waals surface area contributed by atoms with Crippen LogP contribution < -0.4 is 5.32 Å². The highest BCUT2D eigenvalue weighted by molar-refractivity contribution is 5.64. The summed E-state index contributed by atoms with van der Waals surface area (Å²) in [7, 11) is 0. The van der Waals surface area contributed by atoms with Crippen molar-refractivity contribution in [3.63, 3.8) is 0 Å². The van der Waals surface area contributed by atoms with Crippen molar-refractivity contribution in [2.45, 2.75) is 6.92 Å². The van der Waals surface area contributed by atoms with E-state index in [4.69, 9.17) is 0 Å². The number of benzene rings is 1. The summed E-state index contributed by atoms with van der Waals surface area (Å²) >= 11 is 0. The maximum absolute atomic E-state index is 9.40. The molecule has 1 aromatic heterocycles. The number of hydrogen-bond acceptors (Lipinski definition) is 3. The number of aromatic amines is 1. The Morgan fingerprint density at radius 1 is 1.41 bits per heavy atom. The largest absolute Gasteiger partial charge is 0.508 e. The average molecular weight is 229 g/mol. The predicted molar refractivity (Wildman–Crippen MR) is 69.0 cm³/mol. The second-order valence-electron chi connectivity index (χ2n) is 3.67. The summed E-state index contributed by atoms with van der Waals surface area (Å²) in [5.41, 5.74) is 1.79. The van der Waals surface area contributed by atoms with Crippen molar-refractivity contribution in [3.8, 4) is 17.0 Å². The number of aromatic nitrogens is 2. The Labute approximate surface area is 100 Å². The van der Waals surface area contributed by atoms with Crippen molar-refractivity contribution >= 4 is 5.82 Å². The lowest BCUT2D eigenvalue weighted by Gasteiger charge is -1.97. The lowest BCUT2D eigenvalue weighted by Crippen LogP contribution is -1.97. The molecule has 2 aromatic rings. The Bertz CT molecular complexity index is 517. The van der Waals surface area contributed by atoms with E-state index in [9.17, 15) is 5.11 Å². The van der Waals surface area contributed by atoms with Crippen LogP contribution in [-0.2, 0) is 0 Å². The molecule has 0 spiro atoms. The van der Waals surface area contributed by atoms with Gasteiger partial charge >= 0.3 is 0 Å². The topological polar surface area (TPSA) is 60.9 Å². The Kier molecular flexibility index (Phi) is 3.45. The van der Waals surface area contributed by atoms with Gasteiger partial charge in [-0.25, -0.2) is 0 Å². The van der Waals surface area contributed by atoms with E-state index in [-0.39, 0.29) is 5.75 Å². The molecule has 17 heavy (non-hydrogen) atoms. The van der Waals surface area contributed by atoms with Gasteiger partial charge in [-0.1, -0.05) is 24.3 Å². The summed E-state index contributed by atoms with van der Waals surface area (Å²) in [5.74, 6) is 1.04. The molecule has 2 rings (SSSR count). The molecule has 0 atom stereocenters. The molecule has 4 nitrogen and oxygen atoms in total. The van der Waals surface area contributed by atoms with E-state index < -0.39 is 0 Å². The summed E-state index contributed by atoms with van der Waals surface area (Å²) in [6.07, 6.45) is 4.00. The molecule has 0 radical (unpaired) electrons. The molecule has 1 aromatic carbocycles. The number of phenolic OH excluding ortho intramolecular Hbond substituents is 1. The van der Waals surface area contributed by atoms with Crippen LogP contribution in [-0.4, -0.2) is 21.8 Å². The van der Waals surface area contributed by atoms with E-state index in [1.54, 1.807) is 18.2 Å². The second-order valence-corrected chi connectivity index (χ2v) is 3.67. The molecule has 0 amide bonds. The van der Waals surface area contributed by atoms with E-state index in [2.05, 4.69) is 15.5 Å². The molecular weight excluding hydrogens is 214 g/mol. The van der Waals surface area contributed by atoms with Crippen molar-refractivity contribution < 1.29 is 5.11 Å². The first kappa shape index (κ1) is 11.3. The van der Waals surface area contributed by atoms with E-state index in [0.717, 1.165) is 23.6 Å². The standard InChI is InChI=1S/C13H15N3O/c1-2-3-7-14-13-9-12(15-16-13)10-5-4-6-11(17)8-10/h2-6,8-9,17H,7H2,1H3,(H2,14,15,16)/b3-2-. The minimum atomic E-state index is 0.250. The molecule has 88 valence electrons. The van der Waals surface area contributed by atoms with E-state index in [0.29, 0.717) is 0 Å². The van der Waals surface area contributed by atoms with Gasteiger partial charge in [0.1, 0.15) is 11.6 Å². The van der Waals surface area contributed by atoms with Crippen molar-refractivity contribution in [3.05, 3.63) is 42.5 Å². The molecule has 0 bridgehead atoms. The maximum Gasteiger partial charge on any atom is 0.148 e. The Balaban J connectivity index is 2.12. The van der Waals surface area contributed by atoms with Crippen molar-refractivity contribution in [2.24, 2.45) is 0 Å². The van der Waals surface area contributed by atoms with Gasteiger partial charge in [0.25, 0.3) is 0 Å². The molecule has 1 heterocycles. The van der Waals surface area contributed by atoms with Crippen LogP contribution in [0.2, 0.25) is 0 Å². The van der Waals surface area contributed by atoms with Crippen LogP contribution in [0, 0.1) is 0 Å². The molecule has 0 aliphatic carbocycles. The molecule has 0 aliphatic heterocycles. The van der Waals surface area contributed by atoms with Gasteiger partial charge in [0.15, 0.2) is 0 Å². The normalized spacial score (nSPS) is 10.9. The Morgan fingerprint density at radius 3 is 3.06 bits per heavy atom.